The van der Waals surface area contributed by atoms with Crippen LogP contribution in [0.2, 0.25) is 0 Å². The van der Waals surface area contributed by atoms with E-state index < -0.39 is 95.5 Å². The summed E-state index contributed by atoms with van der Waals surface area (Å²) in [6.07, 6.45) is 5.06. The average Bonchev–Trinajstić information content (AvgIpc) is 4.04. The van der Waals surface area contributed by atoms with Gasteiger partial charge < -0.3 is 68.7 Å². The fourth-order valence-corrected chi connectivity index (χ4v) is 8.39. The van der Waals surface area contributed by atoms with Crippen LogP contribution in [0.5, 0.6) is 0 Å². The molecule has 7 atom stereocenters. The Hall–Kier alpha value is -8.31. The van der Waals surface area contributed by atoms with Crippen molar-refractivity contribution < 1.29 is 48.3 Å². The van der Waals surface area contributed by atoms with Gasteiger partial charge in [-0.1, -0.05) is 68.3 Å². The normalized spacial score (nSPS) is 21.3. The number of fused-ring (bicyclic) bond motifs is 1. The number of benzene rings is 2. The number of carbonyl (C=O) groups is 9. The molecule has 0 radical (unpaired) electrons. The summed E-state index contributed by atoms with van der Waals surface area (Å²) in [4.78, 5) is 134. The molecule has 0 aliphatic carbocycles. The number of carboxylic acids is 1. The highest BCUT2D eigenvalue weighted by Crippen LogP contribution is 2.20. The van der Waals surface area contributed by atoms with Crippen LogP contribution < -0.4 is 53.6 Å². The van der Waals surface area contributed by atoms with Crippen molar-refractivity contribution in [3.63, 3.8) is 0 Å². The third-order valence-corrected chi connectivity index (χ3v) is 12.3. The molecule has 1 aliphatic rings. The Balaban J connectivity index is 1.55. The van der Waals surface area contributed by atoms with Crippen molar-refractivity contribution in [2.24, 2.45) is 5.73 Å². The number of nitrogens with two attached hydrogens (primary N) is 1. The van der Waals surface area contributed by atoms with E-state index in [1.165, 1.54) is 19.4 Å². The Bertz CT molecular complexity index is 2570. The lowest BCUT2D eigenvalue weighted by Gasteiger charge is -2.28. The van der Waals surface area contributed by atoms with E-state index in [9.17, 15) is 48.3 Å². The van der Waals surface area contributed by atoms with Gasteiger partial charge in [0.15, 0.2) is 5.96 Å². The first-order valence-electron chi connectivity index (χ1n) is 24.7. The van der Waals surface area contributed by atoms with Crippen LogP contribution in [-0.2, 0) is 62.4 Å². The van der Waals surface area contributed by atoms with Gasteiger partial charge in [-0.2, -0.15) is 0 Å². The SMILES string of the molecule is CCCC[C@H](NC(C)=O)C(=O)N[C@H]1CCCNC(=O)CCC(C(=O)O)NC(=O)[C@H](Cc2c[nH]c3ccccc23)NC(=O)[C@H](CCCNC(=N)N)NC(=O)C(Cc2ccccc2)NC(=O)[C@H](Cc2c[nH]cn2)NC1=O. The molecule has 0 saturated carbocycles. The van der Waals surface area contributed by atoms with Crippen LogP contribution in [0.3, 0.4) is 0 Å². The van der Waals surface area contributed by atoms with E-state index in [0.29, 0.717) is 29.7 Å². The number of H-pyrrole nitrogens is 2. The van der Waals surface area contributed by atoms with Gasteiger partial charge in [0.25, 0.3) is 0 Å². The van der Waals surface area contributed by atoms with Gasteiger partial charge in [0.05, 0.1) is 12.0 Å². The van der Waals surface area contributed by atoms with Crippen molar-refractivity contribution in [2.45, 2.75) is 133 Å². The van der Waals surface area contributed by atoms with Gasteiger partial charge in [0.1, 0.15) is 42.3 Å². The second-order valence-electron chi connectivity index (χ2n) is 18.1. The average molecular weight is 1030 g/mol. The van der Waals surface area contributed by atoms with E-state index in [0.717, 1.165) is 10.9 Å². The Morgan fingerprint density at radius 1 is 0.797 bits per heavy atom. The van der Waals surface area contributed by atoms with Gasteiger partial charge in [0, 0.05) is 69.0 Å². The molecule has 398 valence electrons. The minimum Gasteiger partial charge on any atom is -0.480 e. The van der Waals surface area contributed by atoms with Gasteiger partial charge in [0.2, 0.25) is 47.3 Å². The largest absolute Gasteiger partial charge is 0.480 e. The van der Waals surface area contributed by atoms with Crippen molar-refractivity contribution in [3.8, 4) is 0 Å². The van der Waals surface area contributed by atoms with E-state index in [2.05, 4.69) is 62.8 Å². The molecule has 1 aliphatic heterocycles. The summed E-state index contributed by atoms with van der Waals surface area (Å²) in [7, 11) is 0. The van der Waals surface area contributed by atoms with Gasteiger partial charge in [-0.3, -0.25) is 43.8 Å². The molecule has 0 spiro atoms. The zero-order valence-electron chi connectivity index (χ0n) is 41.5. The zero-order valence-corrected chi connectivity index (χ0v) is 41.5. The number of carboxylic acid groups (broad SMARTS) is 1. The Morgan fingerprint density at radius 2 is 1.45 bits per heavy atom. The van der Waals surface area contributed by atoms with Gasteiger partial charge in [-0.05, 0) is 55.7 Å². The number of imidazole rings is 1. The summed E-state index contributed by atoms with van der Waals surface area (Å²) >= 11 is 0. The third-order valence-electron chi connectivity index (χ3n) is 12.3. The molecule has 24 heteroatoms. The molecular weight excluding hydrogens is 957 g/mol. The van der Waals surface area contributed by atoms with Gasteiger partial charge in [-0.25, -0.2) is 9.78 Å². The highest BCUT2D eigenvalue weighted by Gasteiger charge is 2.35. The summed E-state index contributed by atoms with van der Waals surface area (Å²) in [6.45, 7) is 3.24. The lowest BCUT2D eigenvalue weighted by molar-refractivity contribution is -0.142. The van der Waals surface area contributed by atoms with Crippen LogP contribution in [0.4, 0.5) is 0 Å². The van der Waals surface area contributed by atoms with E-state index in [-0.39, 0.29) is 83.3 Å². The highest BCUT2D eigenvalue weighted by molar-refractivity contribution is 5.98. The molecule has 74 heavy (non-hydrogen) atoms. The first-order valence-corrected chi connectivity index (χ1v) is 24.7. The number of guanidine groups is 1. The lowest BCUT2D eigenvalue weighted by Crippen LogP contribution is -2.60. The predicted molar refractivity (Wildman–Crippen MR) is 271 cm³/mol. The van der Waals surface area contributed by atoms with Crippen LogP contribution in [-0.4, -0.2) is 135 Å². The number of amides is 8. The molecule has 1 saturated heterocycles. The molecule has 5 rings (SSSR count). The quantitative estimate of drug-likeness (QED) is 0.0363. The van der Waals surface area contributed by atoms with Crippen molar-refractivity contribution in [1.82, 2.24) is 62.8 Å². The maximum absolute atomic E-state index is 14.7. The van der Waals surface area contributed by atoms with E-state index >= 15 is 0 Å². The molecule has 0 bridgehead atoms. The standard InChI is InChI=1S/C50H68N14O10/c1-3-4-15-35(58-29(2)65)43(67)59-36-17-10-21-54-42(66)20-19-38(49(73)74)61-47(71)40(24-31-26-56-34-16-9-8-14-33(31)34)63-44(68)37(18-11-22-55-50(51)52)60-46(70)39(23-30-12-6-5-7-13-30)62-48(72)41(64-45(36)69)25-32-27-53-28-57-32/h5-9,12-14,16,26-28,35-41,56H,3-4,10-11,15,17-25H2,1-2H3,(H,53,57)(H,54,66)(H,58,65)(H,59,67)(H,60,70)(H,61,71)(H,62,72)(H,63,68)(H,64,69)(H,73,74)(H4,51,52,55)/t35-,36-,37-,38?,39?,40-,41-/m0/s1. The Morgan fingerprint density at radius 3 is 2.12 bits per heavy atom. The molecule has 4 aromatic rings. The fraction of sp³-hybridized carbons (Fsp3) is 0.460. The third kappa shape index (κ3) is 18.1. The van der Waals surface area contributed by atoms with Crippen molar-refractivity contribution in [3.05, 3.63) is 90.1 Å². The van der Waals surface area contributed by atoms with E-state index in [1.54, 1.807) is 42.6 Å². The number of hydrogen-bond donors (Lipinski definition) is 14. The number of rotatable bonds is 17. The molecule has 2 aromatic carbocycles. The highest BCUT2D eigenvalue weighted by atomic mass is 16.4. The van der Waals surface area contributed by atoms with Crippen LogP contribution in [0.1, 0.15) is 88.5 Å². The number of nitrogens with one attached hydrogen (secondary N) is 12. The number of aromatic amines is 2. The molecule has 2 aromatic heterocycles. The van der Waals surface area contributed by atoms with Crippen LogP contribution in [0.25, 0.3) is 10.9 Å². The fourth-order valence-electron chi connectivity index (χ4n) is 8.39. The Kier molecular flexibility index (Phi) is 21.9. The summed E-state index contributed by atoms with van der Waals surface area (Å²) < 4.78 is 0. The summed E-state index contributed by atoms with van der Waals surface area (Å²) in [5.74, 6) is -7.70. The number of hydrogen-bond acceptors (Lipinski definition) is 11. The van der Waals surface area contributed by atoms with Gasteiger partial charge >= 0.3 is 5.97 Å². The predicted octanol–water partition coefficient (Wildman–Crippen LogP) is -0.439. The number of nitrogens with zero attached hydrogens (tertiary/aromatic N) is 1. The number of para-hydroxylation sites is 1. The maximum Gasteiger partial charge on any atom is 0.326 e. The molecular formula is C50H68N14O10. The lowest BCUT2D eigenvalue weighted by atomic mass is 10.0. The summed E-state index contributed by atoms with van der Waals surface area (Å²) in [5.41, 5.74) is 7.82. The van der Waals surface area contributed by atoms with Crippen molar-refractivity contribution >= 4 is 70.1 Å². The van der Waals surface area contributed by atoms with Crippen LogP contribution >= 0.6 is 0 Å². The summed E-state index contributed by atoms with van der Waals surface area (Å²) in [5, 5.41) is 42.7. The molecule has 15 N–H and O–H groups in total. The van der Waals surface area contributed by atoms with Crippen molar-refractivity contribution in [2.75, 3.05) is 13.1 Å². The minimum atomic E-state index is -1.59. The van der Waals surface area contributed by atoms with E-state index in [1.807, 2.05) is 25.1 Å². The molecule has 8 amide bonds. The first kappa shape index (κ1) is 56.6. The second-order valence-corrected chi connectivity index (χ2v) is 18.1. The summed E-state index contributed by atoms with van der Waals surface area (Å²) in [6, 6.07) is 6.38. The van der Waals surface area contributed by atoms with Crippen LogP contribution in [0.15, 0.2) is 73.3 Å². The smallest absolute Gasteiger partial charge is 0.326 e. The molecule has 3 heterocycles. The zero-order chi connectivity index (χ0) is 53.6. The van der Waals surface area contributed by atoms with Gasteiger partial charge in [-0.15, -0.1) is 0 Å². The molecule has 2 unspecified atom stereocenters. The van der Waals surface area contributed by atoms with Crippen LogP contribution in [0, 0.1) is 5.41 Å². The monoisotopic (exact) mass is 1020 g/mol. The molecule has 1 fully saturated rings. The number of aliphatic carboxylic acids is 1. The minimum absolute atomic E-state index is 0.0360. The Labute approximate surface area is 427 Å². The number of aromatic nitrogens is 3. The topological polar surface area (TPSA) is 376 Å². The van der Waals surface area contributed by atoms with Crippen molar-refractivity contribution in [1.29, 1.82) is 5.41 Å². The number of carbonyl (C=O) groups excluding carboxylic acids is 8. The number of unbranched alkanes of at least 4 members (excludes halogenated alkanes) is 1. The second kappa shape index (κ2) is 28.7. The van der Waals surface area contributed by atoms with E-state index in [4.69, 9.17) is 11.1 Å². The maximum atomic E-state index is 14.7. The molecule has 24 nitrogen and oxygen atoms in total. The first-order chi connectivity index (χ1) is 35.5.